The van der Waals surface area contributed by atoms with Gasteiger partial charge in [-0.05, 0) is 24.3 Å². The van der Waals surface area contributed by atoms with Crippen LogP contribution in [0.3, 0.4) is 0 Å². The topological polar surface area (TPSA) is 112 Å². The highest BCUT2D eigenvalue weighted by Gasteiger charge is 2.26. The van der Waals surface area contributed by atoms with Gasteiger partial charge < -0.3 is 20.1 Å². The monoisotopic (exact) mass is 412 g/mol. The van der Waals surface area contributed by atoms with Gasteiger partial charge in [-0.1, -0.05) is 18.2 Å². The standard InChI is InChI=1S/C20H14F2N4O4/c21-12-9-13(22)18(30-11-5-2-1-3-6-11)16-17(12)26(20(28)29)15(24-16)10-25-8-4-7-14(23)19(25)27/h1-9H,10,23H2,(H,28,29). The fourth-order valence-corrected chi connectivity index (χ4v) is 3.05. The van der Waals surface area contributed by atoms with Crippen LogP contribution in [-0.4, -0.2) is 25.3 Å². The molecular weight excluding hydrogens is 398 g/mol. The number of nitrogens with two attached hydrogens (primary N) is 1. The van der Waals surface area contributed by atoms with E-state index in [1.807, 2.05) is 0 Å². The van der Waals surface area contributed by atoms with E-state index in [-0.39, 0.29) is 29.3 Å². The van der Waals surface area contributed by atoms with Gasteiger partial charge in [-0.3, -0.25) is 4.79 Å². The predicted octanol–water partition coefficient (Wildman–Crippen LogP) is 3.43. The maximum absolute atomic E-state index is 14.6. The van der Waals surface area contributed by atoms with Crippen molar-refractivity contribution in [3.8, 4) is 11.5 Å². The number of benzene rings is 2. The normalized spacial score (nSPS) is 11.0. The first-order chi connectivity index (χ1) is 14.4. The molecule has 0 unspecified atom stereocenters. The van der Waals surface area contributed by atoms with Crippen LogP contribution in [0.5, 0.6) is 11.5 Å². The highest BCUT2D eigenvalue weighted by molar-refractivity contribution is 5.91. The SMILES string of the molecule is Nc1cccn(Cc2nc3c(Oc4ccccc4)c(F)cc(F)c3n2C(=O)O)c1=O. The molecule has 0 spiro atoms. The maximum atomic E-state index is 14.6. The second kappa shape index (κ2) is 7.32. The smallest absolute Gasteiger partial charge is 0.417 e. The van der Waals surface area contributed by atoms with Gasteiger partial charge in [-0.25, -0.2) is 23.1 Å². The Kier molecular flexibility index (Phi) is 4.66. The van der Waals surface area contributed by atoms with Crippen molar-refractivity contribution in [1.82, 2.24) is 14.1 Å². The van der Waals surface area contributed by atoms with Crippen molar-refractivity contribution in [3.05, 3.63) is 82.5 Å². The van der Waals surface area contributed by atoms with E-state index in [0.29, 0.717) is 10.6 Å². The summed E-state index contributed by atoms with van der Waals surface area (Å²) < 4.78 is 36.3. The number of imidazole rings is 1. The molecule has 152 valence electrons. The quantitative estimate of drug-likeness (QED) is 0.531. The van der Waals surface area contributed by atoms with Gasteiger partial charge in [0.25, 0.3) is 5.56 Å². The average molecular weight is 412 g/mol. The number of hydrogen-bond acceptors (Lipinski definition) is 5. The minimum atomic E-state index is -1.55. The lowest BCUT2D eigenvalue weighted by Crippen LogP contribution is -2.25. The Hall–Kier alpha value is -4.21. The summed E-state index contributed by atoms with van der Waals surface area (Å²) in [6, 6.07) is 11.5. The number of pyridine rings is 1. The molecule has 0 fully saturated rings. The first-order valence-corrected chi connectivity index (χ1v) is 8.67. The predicted molar refractivity (Wildman–Crippen MR) is 104 cm³/mol. The lowest BCUT2D eigenvalue weighted by Gasteiger charge is -2.08. The molecule has 0 aliphatic heterocycles. The van der Waals surface area contributed by atoms with Crippen LogP contribution >= 0.6 is 0 Å². The molecule has 30 heavy (non-hydrogen) atoms. The molecule has 4 rings (SSSR count). The maximum Gasteiger partial charge on any atom is 0.417 e. The molecule has 10 heteroatoms. The van der Waals surface area contributed by atoms with Gasteiger partial charge in [-0.15, -0.1) is 0 Å². The van der Waals surface area contributed by atoms with Crippen molar-refractivity contribution in [3.63, 3.8) is 0 Å². The van der Waals surface area contributed by atoms with Crippen LogP contribution < -0.4 is 16.0 Å². The molecule has 3 N–H and O–H groups in total. The second-order valence-corrected chi connectivity index (χ2v) is 6.32. The van der Waals surface area contributed by atoms with E-state index in [9.17, 15) is 23.5 Å². The minimum absolute atomic E-state index is 0.0548. The largest absolute Gasteiger partial charge is 0.464 e. The van der Waals surface area contributed by atoms with E-state index in [1.165, 1.54) is 18.3 Å². The summed E-state index contributed by atoms with van der Waals surface area (Å²) >= 11 is 0. The third-order valence-corrected chi connectivity index (χ3v) is 4.37. The number of halogens is 2. The van der Waals surface area contributed by atoms with Gasteiger partial charge >= 0.3 is 6.09 Å². The van der Waals surface area contributed by atoms with E-state index in [1.54, 1.807) is 30.3 Å². The summed E-state index contributed by atoms with van der Waals surface area (Å²) in [6.45, 7) is -0.337. The summed E-state index contributed by atoms with van der Waals surface area (Å²) in [5, 5.41) is 9.64. The van der Waals surface area contributed by atoms with E-state index in [0.717, 1.165) is 4.57 Å². The molecule has 0 aliphatic rings. The molecule has 0 atom stereocenters. The molecule has 2 heterocycles. The highest BCUT2D eigenvalue weighted by atomic mass is 19.1. The number of aromatic nitrogens is 3. The number of para-hydroxylation sites is 1. The number of fused-ring (bicyclic) bond motifs is 1. The van der Waals surface area contributed by atoms with Crippen molar-refractivity contribution in [1.29, 1.82) is 0 Å². The molecule has 0 amide bonds. The first kappa shape index (κ1) is 19.1. The minimum Gasteiger partial charge on any atom is -0.464 e. The van der Waals surface area contributed by atoms with Crippen molar-refractivity contribution in [2.75, 3.05) is 5.73 Å². The Morgan fingerprint density at radius 3 is 2.57 bits per heavy atom. The summed E-state index contributed by atoms with van der Waals surface area (Å²) in [6.07, 6.45) is -0.177. The lowest BCUT2D eigenvalue weighted by molar-refractivity contribution is 0.196. The zero-order valence-electron chi connectivity index (χ0n) is 15.3. The molecule has 8 nitrogen and oxygen atoms in total. The molecule has 2 aromatic heterocycles. The molecule has 0 saturated heterocycles. The summed E-state index contributed by atoms with van der Waals surface area (Å²) in [4.78, 5) is 28.1. The van der Waals surface area contributed by atoms with Crippen LogP contribution in [-0.2, 0) is 6.54 Å². The number of ether oxygens (including phenoxy) is 1. The number of rotatable bonds is 4. The number of nitrogens with zero attached hydrogens (tertiary/aromatic N) is 3. The summed E-state index contributed by atoms with van der Waals surface area (Å²) in [5.74, 6) is -2.58. The van der Waals surface area contributed by atoms with E-state index in [4.69, 9.17) is 10.5 Å². The number of carbonyl (C=O) groups is 1. The van der Waals surface area contributed by atoms with Gasteiger partial charge in [0.1, 0.15) is 22.6 Å². The molecule has 4 aromatic rings. The van der Waals surface area contributed by atoms with Crippen molar-refractivity contribution < 1.29 is 23.4 Å². The van der Waals surface area contributed by atoms with Gasteiger partial charge in [0.2, 0.25) is 0 Å². The van der Waals surface area contributed by atoms with Crippen LogP contribution in [0.1, 0.15) is 5.82 Å². The Balaban J connectivity index is 1.93. The third-order valence-electron chi connectivity index (χ3n) is 4.37. The van der Waals surface area contributed by atoms with E-state index in [2.05, 4.69) is 4.98 Å². The zero-order valence-corrected chi connectivity index (χ0v) is 15.3. The van der Waals surface area contributed by atoms with E-state index < -0.39 is 34.6 Å². The first-order valence-electron chi connectivity index (χ1n) is 8.67. The van der Waals surface area contributed by atoms with Crippen molar-refractivity contribution >= 4 is 22.8 Å². The molecular formula is C20H14F2N4O4. The van der Waals surface area contributed by atoms with Crippen LogP contribution in [0.2, 0.25) is 0 Å². The number of anilines is 1. The second-order valence-electron chi connectivity index (χ2n) is 6.32. The van der Waals surface area contributed by atoms with Crippen LogP contribution in [0.4, 0.5) is 19.3 Å². The fourth-order valence-electron chi connectivity index (χ4n) is 3.05. The van der Waals surface area contributed by atoms with Crippen LogP contribution in [0.25, 0.3) is 11.0 Å². The Bertz CT molecular complexity index is 1330. The van der Waals surface area contributed by atoms with Crippen molar-refractivity contribution in [2.45, 2.75) is 6.54 Å². The zero-order chi connectivity index (χ0) is 21.4. The van der Waals surface area contributed by atoms with Gasteiger partial charge in [-0.2, -0.15) is 0 Å². The van der Waals surface area contributed by atoms with Crippen LogP contribution in [0, 0.1) is 11.6 Å². The van der Waals surface area contributed by atoms with Crippen molar-refractivity contribution in [2.24, 2.45) is 0 Å². The summed E-state index contributed by atoms with van der Waals surface area (Å²) in [5.41, 5.74) is 4.15. The fraction of sp³-hybridized carbons (Fsp3) is 0.0500. The molecule has 0 saturated carbocycles. The van der Waals surface area contributed by atoms with Crippen LogP contribution in [0.15, 0.2) is 59.5 Å². The average Bonchev–Trinajstić information content (AvgIpc) is 3.09. The Labute approximate surface area is 167 Å². The van der Waals surface area contributed by atoms with E-state index >= 15 is 0 Å². The molecule has 0 radical (unpaired) electrons. The lowest BCUT2D eigenvalue weighted by atomic mass is 10.2. The third kappa shape index (κ3) is 3.24. The van der Waals surface area contributed by atoms with Gasteiger partial charge in [0.05, 0.1) is 12.2 Å². The Morgan fingerprint density at radius 1 is 1.13 bits per heavy atom. The molecule has 0 aliphatic carbocycles. The molecule has 2 aromatic carbocycles. The highest BCUT2D eigenvalue weighted by Crippen LogP contribution is 2.34. The number of hydrogen-bond donors (Lipinski definition) is 2. The molecule has 0 bridgehead atoms. The number of carboxylic acid groups (broad SMARTS) is 1. The van der Waals surface area contributed by atoms with Gasteiger partial charge in [0.15, 0.2) is 17.4 Å². The summed E-state index contributed by atoms with van der Waals surface area (Å²) in [7, 11) is 0. The van der Waals surface area contributed by atoms with Gasteiger partial charge in [0, 0.05) is 12.3 Å². The Morgan fingerprint density at radius 2 is 1.87 bits per heavy atom. The number of nitrogen functional groups attached to an aromatic ring is 1.